The van der Waals surface area contributed by atoms with E-state index in [4.69, 9.17) is 0 Å². The van der Waals surface area contributed by atoms with E-state index in [9.17, 15) is 5.11 Å². The highest BCUT2D eigenvalue weighted by atomic mass is 127. The van der Waals surface area contributed by atoms with Gasteiger partial charge in [-0.25, -0.2) is 0 Å². The van der Waals surface area contributed by atoms with Crippen LogP contribution in [-0.2, 0) is 0 Å². The Morgan fingerprint density at radius 2 is 1.41 bits per heavy atom. The van der Waals surface area contributed by atoms with Gasteiger partial charge in [0.15, 0.2) is 0 Å². The molecule has 0 heterocycles. The van der Waals surface area contributed by atoms with Crippen molar-refractivity contribution in [3.05, 3.63) is 44.6 Å². The summed E-state index contributed by atoms with van der Waals surface area (Å²) < 4.78 is 4.92. The zero-order chi connectivity index (χ0) is 12.6. The van der Waals surface area contributed by atoms with E-state index < -0.39 is 0 Å². The first-order valence-corrected chi connectivity index (χ1v) is 8.95. The first kappa shape index (κ1) is 14.6. The molecule has 0 atom stereocenters. The Morgan fingerprint density at radius 1 is 0.765 bits per heavy atom. The molecule has 88 valence electrons. The Labute approximate surface area is 154 Å². The maximum atomic E-state index is 9.93. The van der Waals surface area contributed by atoms with Crippen LogP contribution in [0.4, 0.5) is 0 Å². The summed E-state index contributed by atoms with van der Waals surface area (Å²) in [5.74, 6) is 0.332. The molecular formula is C12H6I4O. The number of benzene rings is 2. The smallest absolute Gasteiger partial charge is 0.123 e. The van der Waals surface area contributed by atoms with Crippen molar-refractivity contribution in [2.75, 3.05) is 0 Å². The molecule has 0 bridgehead atoms. The van der Waals surface area contributed by atoms with Gasteiger partial charge in [-0.15, -0.1) is 0 Å². The van der Waals surface area contributed by atoms with Crippen molar-refractivity contribution in [3.63, 3.8) is 0 Å². The quantitative estimate of drug-likeness (QED) is 0.242. The minimum atomic E-state index is 0.332. The van der Waals surface area contributed by atoms with E-state index in [1.807, 2.05) is 18.2 Å². The molecule has 0 aromatic heterocycles. The molecule has 2 rings (SSSR count). The van der Waals surface area contributed by atoms with Crippen LogP contribution in [0.15, 0.2) is 30.3 Å². The van der Waals surface area contributed by atoms with Crippen LogP contribution in [0.5, 0.6) is 5.75 Å². The van der Waals surface area contributed by atoms with Crippen molar-refractivity contribution < 1.29 is 5.11 Å². The minimum Gasteiger partial charge on any atom is -0.507 e. The summed E-state index contributed by atoms with van der Waals surface area (Å²) in [7, 11) is 0. The van der Waals surface area contributed by atoms with Gasteiger partial charge in [0.25, 0.3) is 0 Å². The van der Waals surface area contributed by atoms with Gasteiger partial charge in [-0.3, -0.25) is 0 Å². The molecule has 1 N–H and O–H groups in total. The predicted molar refractivity (Wildman–Crippen MR) is 104 cm³/mol. The van der Waals surface area contributed by atoms with Gasteiger partial charge < -0.3 is 5.11 Å². The Hall–Kier alpha value is 1.16. The van der Waals surface area contributed by atoms with E-state index in [0.29, 0.717) is 5.75 Å². The van der Waals surface area contributed by atoms with E-state index in [0.717, 1.165) is 11.1 Å². The standard InChI is InChI=1S/C12H6I4O/c13-8-5-7(10(14)12(16)11(8)15)6-3-1-2-4-9(6)17/h1-5,17H. The molecule has 0 saturated heterocycles. The third-order valence-corrected chi connectivity index (χ3v) is 9.56. The van der Waals surface area contributed by atoms with Crippen molar-refractivity contribution in [1.29, 1.82) is 0 Å². The highest BCUT2D eigenvalue weighted by Crippen LogP contribution is 2.37. The maximum Gasteiger partial charge on any atom is 0.123 e. The van der Waals surface area contributed by atoms with Crippen LogP contribution < -0.4 is 0 Å². The Kier molecular flexibility index (Phi) is 5.21. The second-order valence-electron chi connectivity index (χ2n) is 3.37. The predicted octanol–water partition coefficient (Wildman–Crippen LogP) is 5.48. The first-order valence-electron chi connectivity index (χ1n) is 4.63. The molecule has 0 aliphatic heterocycles. The van der Waals surface area contributed by atoms with Gasteiger partial charge in [-0.1, -0.05) is 18.2 Å². The summed E-state index contributed by atoms with van der Waals surface area (Å²) in [6.45, 7) is 0. The summed E-state index contributed by atoms with van der Waals surface area (Å²) in [6, 6.07) is 9.59. The molecule has 0 saturated carbocycles. The first-order chi connectivity index (χ1) is 8.02. The highest BCUT2D eigenvalue weighted by molar-refractivity contribution is 14.1. The number of phenolic OH excluding ortho intramolecular Hbond substituents is 1. The zero-order valence-electron chi connectivity index (χ0n) is 8.35. The number of hydrogen-bond acceptors (Lipinski definition) is 1. The second kappa shape index (κ2) is 6.07. The van der Waals surface area contributed by atoms with Gasteiger partial charge in [0.05, 0.1) is 0 Å². The molecule has 0 unspecified atom stereocenters. The van der Waals surface area contributed by atoms with E-state index in [2.05, 4.69) is 96.4 Å². The van der Waals surface area contributed by atoms with Crippen molar-refractivity contribution in [3.8, 4) is 16.9 Å². The minimum absolute atomic E-state index is 0.332. The van der Waals surface area contributed by atoms with E-state index >= 15 is 0 Å². The molecule has 0 fully saturated rings. The van der Waals surface area contributed by atoms with Gasteiger partial charge in [0.2, 0.25) is 0 Å². The van der Waals surface area contributed by atoms with Crippen LogP contribution in [0.25, 0.3) is 11.1 Å². The normalized spacial score (nSPS) is 10.6. The van der Waals surface area contributed by atoms with Gasteiger partial charge in [0, 0.05) is 25.4 Å². The van der Waals surface area contributed by atoms with Crippen LogP contribution in [0, 0.1) is 14.3 Å². The lowest BCUT2D eigenvalue weighted by molar-refractivity contribution is 0.477. The fourth-order valence-electron chi connectivity index (χ4n) is 1.47. The molecule has 0 radical (unpaired) electrons. The molecule has 0 amide bonds. The lowest BCUT2D eigenvalue weighted by Crippen LogP contribution is -1.94. The average molecular weight is 674 g/mol. The molecule has 2 aromatic carbocycles. The topological polar surface area (TPSA) is 20.2 Å². The number of aromatic hydroxyl groups is 1. The molecule has 1 nitrogen and oxygen atoms in total. The van der Waals surface area contributed by atoms with Crippen LogP contribution in [0.1, 0.15) is 0 Å². The second-order valence-corrected chi connectivity index (χ2v) is 7.76. The SMILES string of the molecule is Oc1ccccc1-c1cc(I)c(I)c(I)c1I. The van der Waals surface area contributed by atoms with Crippen LogP contribution in [-0.4, -0.2) is 5.11 Å². The van der Waals surface area contributed by atoms with Crippen molar-refractivity contribution in [2.45, 2.75) is 0 Å². The number of halogens is 4. The number of rotatable bonds is 1. The highest BCUT2D eigenvalue weighted by Gasteiger charge is 2.14. The van der Waals surface area contributed by atoms with Gasteiger partial charge in [-0.2, -0.15) is 0 Å². The summed E-state index contributed by atoms with van der Waals surface area (Å²) in [5.41, 5.74) is 1.99. The third-order valence-electron chi connectivity index (χ3n) is 2.30. The Balaban J connectivity index is 2.73. The summed E-state index contributed by atoms with van der Waals surface area (Å²) in [6.07, 6.45) is 0. The average Bonchev–Trinajstić information content (AvgIpc) is 2.32. The maximum absolute atomic E-state index is 9.93. The van der Waals surface area contributed by atoms with E-state index in [1.165, 1.54) is 14.3 Å². The van der Waals surface area contributed by atoms with Crippen LogP contribution >= 0.6 is 90.4 Å². The fraction of sp³-hybridized carbons (Fsp3) is 0. The summed E-state index contributed by atoms with van der Waals surface area (Å²) >= 11 is 9.39. The van der Waals surface area contributed by atoms with Gasteiger partial charge >= 0.3 is 0 Å². The molecule has 2 aromatic rings. The number of phenols is 1. The summed E-state index contributed by atoms with van der Waals surface area (Å²) in [4.78, 5) is 0. The van der Waals surface area contributed by atoms with Gasteiger partial charge in [-0.05, 0) is 102 Å². The lowest BCUT2D eigenvalue weighted by Gasteiger charge is -2.11. The Morgan fingerprint density at radius 3 is 2.06 bits per heavy atom. The monoisotopic (exact) mass is 674 g/mol. The molecule has 0 spiro atoms. The number of hydrogen-bond donors (Lipinski definition) is 1. The molecule has 5 heteroatoms. The third kappa shape index (κ3) is 3.02. The molecule has 0 aliphatic rings. The van der Waals surface area contributed by atoms with Crippen LogP contribution in [0.2, 0.25) is 0 Å². The molecular weight excluding hydrogens is 668 g/mol. The lowest BCUT2D eigenvalue weighted by atomic mass is 10.1. The van der Waals surface area contributed by atoms with Crippen molar-refractivity contribution in [1.82, 2.24) is 0 Å². The Bertz CT molecular complexity index is 581. The van der Waals surface area contributed by atoms with Gasteiger partial charge in [0.1, 0.15) is 5.75 Å². The molecule has 17 heavy (non-hydrogen) atoms. The largest absolute Gasteiger partial charge is 0.507 e. The van der Waals surface area contributed by atoms with Crippen molar-refractivity contribution in [2.24, 2.45) is 0 Å². The fourth-order valence-corrected chi connectivity index (χ4v) is 4.81. The van der Waals surface area contributed by atoms with Crippen LogP contribution in [0.3, 0.4) is 0 Å². The molecule has 0 aliphatic carbocycles. The number of para-hydroxylation sites is 1. The zero-order valence-corrected chi connectivity index (χ0v) is 17.0. The van der Waals surface area contributed by atoms with Crippen molar-refractivity contribution >= 4 is 90.4 Å². The summed E-state index contributed by atoms with van der Waals surface area (Å²) in [5, 5.41) is 9.93. The van der Waals surface area contributed by atoms with E-state index in [-0.39, 0.29) is 0 Å². The van der Waals surface area contributed by atoms with E-state index in [1.54, 1.807) is 6.07 Å².